The number of nitrogens with zero attached hydrogens (tertiary/aromatic N) is 2. The van der Waals surface area contributed by atoms with E-state index in [0.717, 1.165) is 81.0 Å². The van der Waals surface area contributed by atoms with Crippen molar-refractivity contribution in [3.8, 4) is 5.75 Å². The summed E-state index contributed by atoms with van der Waals surface area (Å²) in [5.41, 5.74) is 9.58. The van der Waals surface area contributed by atoms with E-state index >= 15 is 0 Å². The molecule has 0 aromatic heterocycles. The molecule has 0 bridgehead atoms. The molecule has 0 atom stereocenters. The maximum Gasteiger partial charge on any atom is 0.125 e. The van der Waals surface area contributed by atoms with Gasteiger partial charge in [0.2, 0.25) is 0 Å². The molecular weight excluding hydrogens is 396 g/mol. The molecule has 2 aromatic rings. The van der Waals surface area contributed by atoms with Crippen molar-refractivity contribution in [3.05, 3.63) is 65.9 Å². The Bertz CT molecular complexity index is 908. The molecule has 2 aliphatic heterocycles. The topological polar surface area (TPSA) is 41.7 Å². The van der Waals surface area contributed by atoms with Crippen LogP contribution in [-0.2, 0) is 6.42 Å². The molecule has 2 aliphatic rings. The summed E-state index contributed by atoms with van der Waals surface area (Å²) in [5.74, 6) is 0.841. The number of halogens is 2. The summed E-state index contributed by atoms with van der Waals surface area (Å²) in [6.45, 7) is 8.72. The van der Waals surface area contributed by atoms with Gasteiger partial charge >= 0.3 is 0 Å². The Kier molecular flexibility index (Phi) is 6.76. The first-order valence-electron chi connectivity index (χ1n) is 11.1. The zero-order valence-electron chi connectivity index (χ0n) is 18.0. The molecule has 2 heterocycles. The average Bonchev–Trinajstić information content (AvgIpc) is 2.75. The van der Waals surface area contributed by atoms with E-state index in [2.05, 4.69) is 16.4 Å². The van der Waals surface area contributed by atoms with Crippen LogP contribution in [0.1, 0.15) is 31.2 Å². The van der Waals surface area contributed by atoms with Crippen LogP contribution in [0, 0.1) is 17.6 Å². The summed E-state index contributed by atoms with van der Waals surface area (Å²) in [6, 6.07) is 9.19. The van der Waals surface area contributed by atoms with Gasteiger partial charge in [-0.05, 0) is 93.1 Å². The van der Waals surface area contributed by atoms with Crippen molar-refractivity contribution in [2.24, 2.45) is 5.92 Å². The fraction of sp³-hybridized carbons (Fsp3) is 0.440. The zero-order valence-corrected chi connectivity index (χ0v) is 18.0. The molecule has 4 rings (SSSR count). The molecule has 4 nitrogen and oxygen atoms in total. The summed E-state index contributed by atoms with van der Waals surface area (Å²) in [4.78, 5) is 4.61. The van der Waals surface area contributed by atoms with Crippen LogP contribution in [0.2, 0.25) is 0 Å². The molecule has 1 fully saturated rings. The molecule has 0 amide bonds. The second-order valence-electron chi connectivity index (χ2n) is 8.63. The molecule has 2 aromatic carbocycles. The third-order valence-electron chi connectivity index (χ3n) is 6.38. The highest BCUT2D eigenvalue weighted by molar-refractivity contribution is 5.75. The number of ether oxygens (including phenoxy) is 1. The molecule has 0 aliphatic carbocycles. The molecule has 2 N–H and O–H groups in total. The quantitative estimate of drug-likeness (QED) is 0.632. The van der Waals surface area contributed by atoms with Gasteiger partial charge < -0.3 is 15.4 Å². The molecule has 31 heavy (non-hydrogen) atoms. The number of hydrogen-bond donors (Lipinski definition) is 1. The largest absolute Gasteiger partial charge is 0.494 e. The lowest BCUT2D eigenvalue weighted by molar-refractivity contribution is 0.172. The van der Waals surface area contributed by atoms with Crippen molar-refractivity contribution in [1.29, 1.82) is 0 Å². The minimum Gasteiger partial charge on any atom is -0.494 e. The number of aryl methyl sites for hydroxylation is 1. The molecule has 0 spiro atoms. The van der Waals surface area contributed by atoms with E-state index in [4.69, 9.17) is 10.5 Å². The fourth-order valence-electron chi connectivity index (χ4n) is 4.71. The number of benzene rings is 2. The average molecular weight is 428 g/mol. The van der Waals surface area contributed by atoms with Crippen LogP contribution in [0.15, 0.2) is 48.7 Å². The summed E-state index contributed by atoms with van der Waals surface area (Å²) >= 11 is 0. The van der Waals surface area contributed by atoms with Crippen molar-refractivity contribution >= 4 is 11.4 Å². The SMILES string of the molecule is C=C(CN1CCC(CCOc2ccc(F)cc2)CC1)N1CCCc2cc(F)cc(N)c21. The molecular formula is C25H31F2N3O. The van der Waals surface area contributed by atoms with Gasteiger partial charge in [0, 0.05) is 18.8 Å². The Morgan fingerprint density at radius 3 is 2.55 bits per heavy atom. The Morgan fingerprint density at radius 1 is 1.06 bits per heavy atom. The molecule has 6 heteroatoms. The summed E-state index contributed by atoms with van der Waals surface area (Å²) in [5, 5.41) is 0. The van der Waals surface area contributed by atoms with Crippen LogP contribution >= 0.6 is 0 Å². The number of piperidine rings is 1. The number of hydrogen-bond acceptors (Lipinski definition) is 4. The van der Waals surface area contributed by atoms with Crippen LogP contribution in [0.5, 0.6) is 5.75 Å². The van der Waals surface area contributed by atoms with E-state index in [9.17, 15) is 8.78 Å². The Labute approximate surface area is 183 Å². The number of likely N-dealkylation sites (tertiary alicyclic amines) is 1. The minimum atomic E-state index is -0.269. The number of anilines is 2. The van der Waals surface area contributed by atoms with Crippen molar-refractivity contribution in [1.82, 2.24) is 4.90 Å². The maximum absolute atomic E-state index is 13.7. The van der Waals surface area contributed by atoms with Gasteiger partial charge in [-0.15, -0.1) is 0 Å². The van der Waals surface area contributed by atoms with Gasteiger partial charge in [0.25, 0.3) is 0 Å². The van der Waals surface area contributed by atoms with Gasteiger partial charge in [-0.25, -0.2) is 8.78 Å². The number of nitrogen functional groups attached to an aromatic ring is 1. The first kappa shape index (κ1) is 21.6. The first-order chi connectivity index (χ1) is 15.0. The van der Waals surface area contributed by atoms with E-state index in [1.54, 1.807) is 18.2 Å². The standard InChI is InChI=1S/C25H31F2N3O/c1-18(30-11-2-3-20-15-22(27)16-24(28)25(20)30)17-29-12-8-19(9-13-29)10-14-31-23-6-4-21(26)5-7-23/h4-7,15-16,19H,1-3,8-14,17,28H2. The lowest BCUT2D eigenvalue weighted by Gasteiger charge is -2.38. The van der Waals surface area contributed by atoms with Gasteiger partial charge in [0.1, 0.15) is 17.4 Å². The van der Waals surface area contributed by atoms with E-state index < -0.39 is 0 Å². The number of rotatable bonds is 7. The second kappa shape index (κ2) is 9.69. The van der Waals surface area contributed by atoms with Crippen LogP contribution in [-0.4, -0.2) is 37.7 Å². The van der Waals surface area contributed by atoms with Crippen molar-refractivity contribution in [2.45, 2.75) is 32.1 Å². The Morgan fingerprint density at radius 2 is 1.81 bits per heavy atom. The predicted molar refractivity (Wildman–Crippen MR) is 121 cm³/mol. The number of nitrogens with two attached hydrogens (primary N) is 1. The second-order valence-corrected chi connectivity index (χ2v) is 8.63. The Balaban J connectivity index is 1.24. The monoisotopic (exact) mass is 427 g/mol. The third kappa shape index (κ3) is 5.37. The predicted octanol–water partition coefficient (Wildman–Crippen LogP) is 4.99. The van der Waals surface area contributed by atoms with E-state index in [1.807, 2.05) is 0 Å². The van der Waals surface area contributed by atoms with Crippen molar-refractivity contribution in [2.75, 3.05) is 43.4 Å². The summed E-state index contributed by atoms with van der Waals surface area (Å²) in [6.07, 6.45) is 5.10. The zero-order chi connectivity index (χ0) is 21.8. The van der Waals surface area contributed by atoms with Gasteiger partial charge in [0.15, 0.2) is 0 Å². The van der Waals surface area contributed by atoms with Gasteiger partial charge in [-0.2, -0.15) is 0 Å². The van der Waals surface area contributed by atoms with Crippen LogP contribution in [0.3, 0.4) is 0 Å². The fourth-order valence-corrected chi connectivity index (χ4v) is 4.71. The highest BCUT2D eigenvalue weighted by Gasteiger charge is 2.25. The van der Waals surface area contributed by atoms with Crippen molar-refractivity contribution < 1.29 is 13.5 Å². The summed E-state index contributed by atoms with van der Waals surface area (Å²) < 4.78 is 32.5. The summed E-state index contributed by atoms with van der Waals surface area (Å²) in [7, 11) is 0. The highest BCUT2D eigenvalue weighted by Crippen LogP contribution is 2.36. The normalized spacial score (nSPS) is 17.4. The van der Waals surface area contributed by atoms with Gasteiger partial charge in [0.05, 0.1) is 18.0 Å². The molecule has 1 saturated heterocycles. The Hall–Kier alpha value is -2.60. The molecule has 0 radical (unpaired) electrons. The minimum absolute atomic E-state index is 0.246. The molecule has 0 unspecified atom stereocenters. The first-order valence-corrected chi connectivity index (χ1v) is 11.1. The van der Waals surface area contributed by atoms with Gasteiger partial charge in [-0.3, -0.25) is 4.90 Å². The van der Waals surface area contributed by atoms with Crippen molar-refractivity contribution in [3.63, 3.8) is 0 Å². The van der Waals surface area contributed by atoms with Crippen LogP contribution in [0.4, 0.5) is 20.2 Å². The molecule has 0 saturated carbocycles. The van der Waals surface area contributed by atoms with Crippen LogP contribution < -0.4 is 15.4 Å². The van der Waals surface area contributed by atoms with Gasteiger partial charge in [-0.1, -0.05) is 6.58 Å². The smallest absolute Gasteiger partial charge is 0.125 e. The van der Waals surface area contributed by atoms with E-state index in [1.165, 1.54) is 18.2 Å². The number of fused-ring (bicyclic) bond motifs is 1. The highest BCUT2D eigenvalue weighted by atomic mass is 19.1. The van der Waals surface area contributed by atoms with E-state index in [0.29, 0.717) is 18.2 Å². The lowest BCUT2D eigenvalue weighted by Crippen LogP contribution is -2.40. The lowest BCUT2D eigenvalue weighted by atomic mass is 9.93. The third-order valence-corrected chi connectivity index (χ3v) is 6.38. The van der Waals surface area contributed by atoms with Crippen LogP contribution in [0.25, 0.3) is 0 Å². The molecule has 166 valence electrons. The maximum atomic E-state index is 13.7. The van der Waals surface area contributed by atoms with E-state index in [-0.39, 0.29) is 11.6 Å².